The van der Waals surface area contributed by atoms with E-state index >= 15 is 0 Å². The molecule has 0 heterocycles. The van der Waals surface area contributed by atoms with E-state index in [4.69, 9.17) is 21.4 Å². The summed E-state index contributed by atoms with van der Waals surface area (Å²) in [6.07, 6.45) is 0.751. The number of hydrogen-bond donors (Lipinski definition) is 2. The highest BCUT2D eigenvalue weighted by molar-refractivity contribution is 6.30. The number of nitrogens with one attached hydrogen (secondary N) is 1. The Kier molecular flexibility index (Phi) is 6.47. The Hall–Kier alpha value is -0.770. The standard InChI is InChI=1S/C14H22ClNO2/c1-10(2)13(6-7-17)16-9-11-8-12(15)4-5-14(11)18-3/h4-5,8,10,13,16-17H,6-7,9H2,1-3H3. The van der Waals surface area contributed by atoms with Gasteiger partial charge in [-0.15, -0.1) is 0 Å². The normalized spacial score (nSPS) is 12.8. The molecule has 0 aromatic heterocycles. The molecule has 0 amide bonds. The number of halogens is 1. The van der Waals surface area contributed by atoms with Crippen LogP contribution in [0.3, 0.4) is 0 Å². The third kappa shape index (κ3) is 4.48. The van der Waals surface area contributed by atoms with E-state index in [0.717, 1.165) is 17.7 Å². The molecule has 1 atom stereocenters. The van der Waals surface area contributed by atoms with Crippen molar-refractivity contribution < 1.29 is 9.84 Å². The van der Waals surface area contributed by atoms with E-state index in [0.29, 0.717) is 23.5 Å². The lowest BCUT2D eigenvalue weighted by Gasteiger charge is -2.22. The SMILES string of the molecule is COc1ccc(Cl)cc1CNC(CCO)C(C)C. The quantitative estimate of drug-likeness (QED) is 0.801. The average molecular weight is 272 g/mol. The van der Waals surface area contributed by atoms with E-state index in [1.165, 1.54) is 0 Å². The molecule has 0 fully saturated rings. The summed E-state index contributed by atoms with van der Waals surface area (Å²) in [4.78, 5) is 0. The highest BCUT2D eigenvalue weighted by Gasteiger charge is 2.13. The molecule has 4 heteroatoms. The molecule has 0 spiro atoms. The highest BCUT2D eigenvalue weighted by Crippen LogP contribution is 2.22. The molecule has 0 aliphatic rings. The van der Waals surface area contributed by atoms with E-state index in [2.05, 4.69) is 19.2 Å². The van der Waals surface area contributed by atoms with Crippen LogP contribution in [0.15, 0.2) is 18.2 Å². The summed E-state index contributed by atoms with van der Waals surface area (Å²) < 4.78 is 5.31. The van der Waals surface area contributed by atoms with Crippen LogP contribution in [-0.2, 0) is 6.54 Å². The smallest absolute Gasteiger partial charge is 0.123 e. The minimum absolute atomic E-state index is 0.197. The first-order chi connectivity index (χ1) is 8.58. The lowest BCUT2D eigenvalue weighted by Crippen LogP contribution is -2.34. The topological polar surface area (TPSA) is 41.5 Å². The van der Waals surface area contributed by atoms with Crippen LogP contribution in [0.25, 0.3) is 0 Å². The number of aliphatic hydroxyl groups excluding tert-OH is 1. The molecular formula is C14H22ClNO2. The maximum atomic E-state index is 9.04. The molecule has 1 aromatic carbocycles. The second kappa shape index (κ2) is 7.62. The summed E-state index contributed by atoms with van der Waals surface area (Å²) in [5.74, 6) is 1.31. The predicted molar refractivity (Wildman–Crippen MR) is 75.2 cm³/mol. The van der Waals surface area contributed by atoms with Crippen LogP contribution in [0.1, 0.15) is 25.8 Å². The van der Waals surface area contributed by atoms with Gasteiger partial charge in [0.15, 0.2) is 0 Å². The zero-order valence-electron chi connectivity index (χ0n) is 11.2. The van der Waals surface area contributed by atoms with Crippen LogP contribution in [0, 0.1) is 5.92 Å². The van der Waals surface area contributed by atoms with E-state index in [1.54, 1.807) is 7.11 Å². The van der Waals surface area contributed by atoms with Gasteiger partial charge in [-0.3, -0.25) is 0 Å². The van der Waals surface area contributed by atoms with Crippen molar-refractivity contribution in [3.63, 3.8) is 0 Å². The number of methoxy groups -OCH3 is 1. The Bertz CT molecular complexity index is 369. The van der Waals surface area contributed by atoms with Crippen molar-refractivity contribution in [3.8, 4) is 5.75 Å². The molecule has 1 rings (SSSR count). The molecule has 0 aliphatic heterocycles. The number of rotatable bonds is 7. The van der Waals surface area contributed by atoms with Crippen LogP contribution in [0.4, 0.5) is 0 Å². The van der Waals surface area contributed by atoms with Crippen LogP contribution >= 0.6 is 11.6 Å². The van der Waals surface area contributed by atoms with E-state index in [1.807, 2.05) is 18.2 Å². The van der Waals surface area contributed by atoms with E-state index in [-0.39, 0.29) is 6.61 Å². The first kappa shape index (κ1) is 15.3. The largest absolute Gasteiger partial charge is 0.496 e. The summed E-state index contributed by atoms with van der Waals surface area (Å²) in [6.45, 7) is 5.17. The highest BCUT2D eigenvalue weighted by atomic mass is 35.5. The van der Waals surface area contributed by atoms with Crippen LogP contribution in [0.2, 0.25) is 5.02 Å². The van der Waals surface area contributed by atoms with E-state index < -0.39 is 0 Å². The molecule has 3 nitrogen and oxygen atoms in total. The molecule has 0 bridgehead atoms. The van der Waals surface area contributed by atoms with Gasteiger partial charge in [-0.25, -0.2) is 0 Å². The van der Waals surface area contributed by atoms with Crippen molar-refractivity contribution in [2.75, 3.05) is 13.7 Å². The fourth-order valence-electron chi connectivity index (χ4n) is 1.94. The maximum Gasteiger partial charge on any atom is 0.123 e. The zero-order valence-corrected chi connectivity index (χ0v) is 12.0. The Labute approximate surface area is 114 Å². The van der Waals surface area contributed by atoms with Gasteiger partial charge in [0.25, 0.3) is 0 Å². The summed E-state index contributed by atoms with van der Waals surface area (Å²) in [5, 5.41) is 13.2. The number of hydrogen-bond acceptors (Lipinski definition) is 3. The summed E-state index contributed by atoms with van der Waals surface area (Å²) in [5.41, 5.74) is 1.04. The van der Waals surface area contributed by atoms with Crippen molar-refractivity contribution in [2.24, 2.45) is 5.92 Å². The van der Waals surface area contributed by atoms with Gasteiger partial charge < -0.3 is 15.2 Å². The third-order valence-corrected chi connectivity index (χ3v) is 3.28. The van der Waals surface area contributed by atoms with Gasteiger partial charge in [0.05, 0.1) is 7.11 Å². The Morgan fingerprint density at radius 1 is 1.39 bits per heavy atom. The van der Waals surface area contributed by atoms with Crippen molar-refractivity contribution in [1.82, 2.24) is 5.32 Å². The molecule has 0 saturated heterocycles. The minimum atomic E-state index is 0.197. The number of ether oxygens (including phenoxy) is 1. The first-order valence-electron chi connectivity index (χ1n) is 6.25. The van der Waals surface area contributed by atoms with Gasteiger partial charge in [-0.1, -0.05) is 25.4 Å². The Morgan fingerprint density at radius 2 is 2.11 bits per heavy atom. The fourth-order valence-corrected chi connectivity index (χ4v) is 2.13. The van der Waals surface area contributed by atoms with Gasteiger partial charge in [0.1, 0.15) is 5.75 Å². The van der Waals surface area contributed by atoms with Crippen molar-refractivity contribution in [3.05, 3.63) is 28.8 Å². The summed E-state index contributed by atoms with van der Waals surface area (Å²) >= 11 is 5.99. The van der Waals surface area contributed by atoms with Gasteiger partial charge in [-0.05, 0) is 30.5 Å². The van der Waals surface area contributed by atoms with Crippen LogP contribution in [-0.4, -0.2) is 24.9 Å². The molecule has 102 valence electrons. The molecule has 2 N–H and O–H groups in total. The third-order valence-electron chi connectivity index (χ3n) is 3.04. The molecule has 0 radical (unpaired) electrons. The molecule has 0 aliphatic carbocycles. The zero-order chi connectivity index (χ0) is 13.5. The van der Waals surface area contributed by atoms with Crippen LogP contribution < -0.4 is 10.1 Å². The van der Waals surface area contributed by atoms with Crippen molar-refractivity contribution >= 4 is 11.6 Å². The van der Waals surface area contributed by atoms with Crippen molar-refractivity contribution in [2.45, 2.75) is 32.9 Å². The molecule has 18 heavy (non-hydrogen) atoms. The van der Waals surface area contributed by atoms with Gasteiger partial charge in [0, 0.05) is 29.8 Å². The Morgan fingerprint density at radius 3 is 2.67 bits per heavy atom. The summed E-state index contributed by atoms with van der Waals surface area (Å²) in [7, 11) is 1.65. The molecule has 0 saturated carbocycles. The molecule has 1 unspecified atom stereocenters. The second-order valence-corrected chi connectivity index (χ2v) is 5.14. The average Bonchev–Trinajstić information content (AvgIpc) is 2.34. The van der Waals surface area contributed by atoms with Gasteiger partial charge >= 0.3 is 0 Å². The van der Waals surface area contributed by atoms with Gasteiger partial charge in [0.2, 0.25) is 0 Å². The summed E-state index contributed by atoms with van der Waals surface area (Å²) in [6, 6.07) is 5.88. The molecular weight excluding hydrogens is 250 g/mol. The number of aliphatic hydroxyl groups is 1. The van der Waals surface area contributed by atoms with E-state index in [9.17, 15) is 0 Å². The monoisotopic (exact) mass is 271 g/mol. The van der Waals surface area contributed by atoms with Crippen LogP contribution in [0.5, 0.6) is 5.75 Å². The predicted octanol–water partition coefficient (Wildman–Crippen LogP) is 2.85. The lowest BCUT2D eigenvalue weighted by molar-refractivity contribution is 0.243. The van der Waals surface area contributed by atoms with Gasteiger partial charge in [-0.2, -0.15) is 0 Å². The fraction of sp³-hybridized carbons (Fsp3) is 0.571. The second-order valence-electron chi connectivity index (χ2n) is 4.70. The van der Waals surface area contributed by atoms with Crippen molar-refractivity contribution in [1.29, 1.82) is 0 Å². The first-order valence-corrected chi connectivity index (χ1v) is 6.63. The lowest BCUT2D eigenvalue weighted by atomic mass is 10.0. The Balaban J connectivity index is 2.68. The maximum absolute atomic E-state index is 9.04. The minimum Gasteiger partial charge on any atom is -0.496 e. The number of benzene rings is 1. The molecule has 1 aromatic rings.